The minimum Gasteiger partial charge on any atom is -0.454 e. The molecule has 0 spiro atoms. The number of benzene rings is 1. The van der Waals surface area contributed by atoms with Crippen molar-refractivity contribution in [3.63, 3.8) is 0 Å². The zero-order chi connectivity index (χ0) is 17.0. The average Bonchev–Trinajstić information content (AvgIpc) is 3.02. The van der Waals surface area contributed by atoms with Gasteiger partial charge in [-0.05, 0) is 29.7 Å². The Hall–Kier alpha value is -2.35. The molecule has 2 aliphatic heterocycles. The van der Waals surface area contributed by atoms with E-state index in [1.165, 1.54) is 6.08 Å². The first-order valence-corrected chi connectivity index (χ1v) is 7.66. The molecule has 24 heavy (non-hydrogen) atoms. The van der Waals surface area contributed by atoms with Crippen molar-refractivity contribution in [1.29, 1.82) is 0 Å². The Kier molecular flexibility index (Phi) is 3.38. The molecule has 0 fully saturated rings. The minimum absolute atomic E-state index is 0.0659. The van der Waals surface area contributed by atoms with Gasteiger partial charge in [-0.15, -0.1) is 6.58 Å². The monoisotopic (exact) mass is 331 g/mol. The van der Waals surface area contributed by atoms with E-state index in [2.05, 4.69) is 11.9 Å². The summed E-state index contributed by atoms with van der Waals surface area (Å²) in [6.07, 6.45) is -0.344. The molecule has 2 heterocycles. The van der Waals surface area contributed by atoms with Crippen molar-refractivity contribution in [2.75, 3.05) is 6.79 Å². The molecule has 0 saturated carbocycles. The van der Waals surface area contributed by atoms with Crippen LogP contribution in [0.1, 0.15) is 21.5 Å². The summed E-state index contributed by atoms with van der Waals surface area (Å²) in [4.78, 5) is 12.6. The second kappa shape index (κ2) is 5.34. The van der Waals surface area contributed by atoms with Crippen molar-refractivity contribution < 1.29 is 29.6 Å². The Balaban J connectivity index is 1.96. The van der Waals surface area contributed by atoms with E-state index in [4.69, 9.17) is 9.47 Å². The van der Waals surface area contributed by atoms with Gasteiger partial charge in [-0.2, -0.15) is 0 Å². The third-order valence-electron chi connectivity index (χ3n) is 4.66. The lowest BCUT2D eigenvalue weighted by Crippen LogP contribution is -2.57. The van der Waals surface area contributed by atoms with Gasteiger partial charge in [0.2, 0.25) is 6.79 Å². The van der Waals surface area contributed by atoms with Gasteiger partial charge in [0.1, 0.15) is 18.3 Å². The van der Waals surface area contributed by atoms with Crippen LogP contribution in [0.3, 0.4) is 0 Å². The van der Waals surface area contributed by atoms with Crippen molar-refractivity contribution >= 4 is 11.5 Å². The molecule has 0 saturated heterocycles. The van der Waals surface area contributed by atoms with Crippen LogP contribution in [0.25, 0.3) is 5.57 Å². The number of ether oxygens (including phenoxy) is 2. The predicted molar refractivity (Wildman–Crippen MR) is 83.7 cm³/mol. The minimum atomic E-state index is -1.36. The molecule has 1 aromatic carbocycles. The molecule has 1 aliphatic carbocycles. The van der Waals surface area contributed by atoms with Crippen molar-refractivity contribution in [2.45, 2.75) is 30.8 Å². The Morgan fingerprint density at radius 2 is 2.08 bits per heavy atom. The number of nitrogens with one attached hydrogen (secondary N) is 1. The summed E-state index contributed by atoms with van der Waals surface area (Å²) in [5.41, 5.74) is 2.19. The summed E-state index contributed by atoms with van der Waals surface area (Å²) in [6.45, 7) is 3.78. The first kappa shape index (κ1) is 15.2. The molecule has 3 aliphatic rings. The topological polar surface area (TPSA) is 108 Å². The second-order valence-corrected chi connectivity index (χ2v) is 6.05. The zero-order valence-electron chi connectivity index (χ0n) is 12.7. The number of fused-ring (bicyclic) bond motifs is 4. The second-order valence-electron chi connectivity index (χ2n) is 6.05. The van der Waals surface area contributed by atoms with Crippen molar-refractivity contribution in [1.82, 2.24) is 5.32 Å². The van der Waals surface area contributed by atoms with Crippen molar-refractivity contribution in [3.8, 4) is 11.5 Å². The quantitative estimate of drug-likeness (QED) is 0.556. The van der Waals surface area contributed by atoms with Crippen LogP contribution in [0.5, 0.6) is 11.5 Å². The molecule has 126 valence electrons. The summed E-state index contributed by atoms with van der Waals surface area (Å²) in [6, 6.07) is 0.888. The van der Waals surface area contributed by atoms with Gasteiger partial charge in [0, 0.05) is 5.56 Å². The highest BCUT2D eigenvalue weighted by Gasteiger charge is 2.44. The molecule has 0 unspecified atom stereocenters. The number of allylic oxidation sites excluding steroid dienone is 1. The number of carbonyl (C=O) groups is 1. The fraction of sp³-hybridized carbons (Fsp3) is 0.353. The molecule has 0 aromatic heterocycles. The molecule has 4 atom stereocenters. The van der Waals surface area contributed by atoms with Crippen molar-refractivity contribution in [3.05, 3.63) is 41.5 Å². The van der Waals surface area contributed by atoms with Gasteiger partial charge in [-0.3, -0.25) is 4.79 Å². The first-order chi connectivity index (χ1) is 11.5. The zero-order valence-corrected chi connectivity index (χ0v) is 12.7. The number of hydrogen-bond acceptors (Lipinski definition) is 6. The third-order valence-corrected chi connectivity index (χ3v) is 4.66. The molecule has 4 N–H and O–H groups in total. The summed E-state index contributed by atoms with van der Waals surface area (Å²) >= 11 is 0. The predicted octanol–water partition coefficient (Wildman–Crippen LogP) is -0.265. The van der Waals surface area contributed by atoms with Gasteiger partial charge in [0.15, 0.2) is 11.5 Å². The van der Waals surface area contributed by atoms with E-state index in [1.807, 2.05) is 0 Å². The molecule has 1 amide bonds. The number of aliphatic hydroxyl groups excluding tert-OH is 3. The third kappa shape index (κ3) is 1.99. The van der Waals surface area contributed by atoms with Crippen LogP contribution in [0.15, 0.2) is 24.8 Å². The summed E-state index contributed by atoms with van der Waals surface area (Å²) < 4.78 is 10.9. The number of carbonyl (C=O) groups excluding carboxylic acids is 1. The van der Waals surface area contributed by atoms with Crippen LogP contribution in [-0.4, -0.2) is 52.4 Å². The van der Waals surface area contributed by atoms with Gasteiger partial charge < -0.3 is 30.1 Å². The van der Waals surface area contributed by atoms with Gasteiger partial charge in [0.25, 0.3) is 5.91 Å². The van der Waals surface area contributed by atoms with Crippen LogP contribution in [0.4, 0.5) is 0 Å². The maximum Gasteiger partial charge on any atom is 0.252 e. The van der Waals surface area contributed by atoms with Gasteiger partial charge in [-0.1, -0.05) is 6.08 Å². The lowest BCUT2D eigenvalue weighted by molar-refractivity contribution is -0.0535. The lowest BCUT2D eigenvalue weighted by Gasteiger charge is -2.39. The molecule has 1 aromatic rings. The molecule has 0 radical (unpaired) electrons. The van der Waals surface area contributed by atoms with Crippen LogP contribution < -0.4 is 14.8 Å². The number of rotatable bonds is 2. The lowest BCUT2D eigenvalue weighted by atomic mass is 9.78. The normalized spacial score (nSPS) is 30.1. The summed E-state index contributed by atoms with van der Waals surface area (Å²) in [7, 11) is 0. The number of hydrogen-bond donors (Lipinski definition) is 4. The molecule has 7 nitrogen and oxygen atoms in total. The standard InChI is InChI=1S/C17H17NO6/c1-2-3-7-12-8(5-11-16(7)24-6-23-11)9-4-10(19)14(20)15(21)13(9)18-17(12)22/h2,4-5,10,13-15,19-21H,1,3,6H2,(H,18,22)/t10-,13+,14+,15-/m0/s1. The van der Waals surface area contributed by atoms with Crippen molar-refractivity contribution in [2.24, 2.45) is 0 Å². The molecular weight excluding hydrogens is 314 g/mol. The van der Waals surface area contributed by atoms with Gasteiger partial charge >= 0.3 is 0 Å². The molecule has 0 bridgehead atoms. The van der Waals surface area contributed by atoms with Crippen LogP contribution in [0, 0.1) is 0 Å². The van der Waals surface area contributed by atoms with E-state index in [9.17, 15) is 20.1 Å². The van der Waals surface area contributed by atoms with E-state index in [0.29, 0.717) is 40.2 Å². The number of aliphatic hydroxyl groups is 3. The van der Waals surface area contributed by atoms with Crippen LogP contribution in [-0.2, 0) is 6.42 Å². The average molecular weight is 331 g/mol. The maximum absolute atomic E-state index is 12.6. The largest absolute Gasteiger partial charge is 0.454 e. The first-order valence-electron chi connectivity index (χ1n) is 7.66. The Bertz CT molecular complexity index is 771. The highest BCUT2D eigenvalue weighted by molar-refractivity contribution is 6.06. The highest BCUT2D eigenvalue weighted by Crippen LogP contribution is 2.45. The number of amides is 1. The summed E-state index contributed by atoms with van der Waals surface area (Å²) in [5.74, 6) is 0.653. The SMILES string of the molecule is C=CCc1c2c(cc3c1C(=O)N[C@@H]1C3=C[C@H](O)[C@@H](O)[C@H]1O)OCO2. The fourth-order valence-corrected chi connectivity index (χ4v) is 3.54. The van der Waals surface area contributed by atoms with Gasteiger partial charge in [0.05, 0.1) is 11.6 Å². The Morgan fingerprint density at radius 1 is 1.29 bits per heavy atom. The fourth-order valence-electron chi connectivity index (χ4n) is 3.54. The summed E-state index contributed by atoms with van der Waals surface area (Å²) in [5, 5.41) is 32.8. The highest BCUT2D eigenvalue weighted by atomic mass is 16.7. The molecule has 7 heteroatoms. The van der Waals surface area contributed by atoms with Crippen LogP contribution in [0.2, 0.25) is 0 Å². The van der Waals surface area contributed by atoms with E-state index >= 15 is 0 Å². The van der Waals surface area contributed by atoms with Gasteiger partial charge in [-0.25, -0.2) is 0 Å². The maximum atomic E-state index is 12.6. The van der Waals surface area contributed by atoms with E-state index in [1.54, 1.807) is 12.1 Å². The van der Waals surface area contributed by atoms with E-state index in [0.717, 1.165) is 0 Å². The smallest absolute Gasteiger partial charge is 0.252 e. The Morgan fingerprint density at radius 3 is 2.83 bits per heavy atom. The van der Waals surface area contributed by atoms with E-state index < -0.39 is 24.4 Å². The van der Waals surface area contributed by atoms with E-state index in [-0.39, 0.29) is 12.7 Å². The Labute approximate surface area is 137 Å². The molecule has 4 rings (SSSR count). The molecular formula is C17H17NO6. The van der Waals surface area contributed by atoms with Crippen LogP contribution >= 0.6 is 0 Å².